The molecule has 1 aliphatic heterocycles. The van der Waals surface area contributed by atoms with Crippen LogP contribution in [0.4, 0.5) is 0 Å². The van der Waals surface area contributed by atoms with Gasteiger partial charge < -0.3 is 0 Å². The molecule has 1 saturated heterocycles. The maximum absolute atomic E-state index is 5.52. The fraction of sp³-hybridized carbons (Fsp3) is 0.909. The molecular weight excluding hydrogens is 302 g/mol. The van der Waals surface area contributed by atoms with Crippen molar-refractivity contribution in [2.75, 3.05) is 13.1 Å². The fourth-order valence-corrected chi connectivity index (χ4v) is 5.72. The molecule has 0 spiro atoms. The summed E-state index contributed by atoms with van der Waals surface area (Å²) in [6.45, 7) is 11.4. The third kappa shape index (κ3) is 3.32. The molecule has 0 unspecified atom stereocenters. The summed E-state index contributed by atoms with van der Waals surface area (Å²) < 4.78 is 0. The molecule has 1 rings (SSSR count). The van der Waals surface area contributed by atoms with Gasteiger partial charge in [0.2, 0.25) is 0 Å². The van der Waals surface area contributed by atoms with Gasteiger partial charge in [0.1, 0.15) is 0 Å². The third-order valence-corrected chi connectivity index (χ3v) is 13.2. The minimum absolute atomic E-state index is 0.632. The van der Waals surface area contributed by atoms with E-state index in [0.717, 1.165) is 18.2 Å². The summed E-state index contributed by atoms with van der Waals surface area (Å²) in [4.78, 5) is 2.31. The molecule has 0 aromatic heterocycles. The number of nitrogens with one attached hydrogen (secondary N) is 1. The van der Waals surface area contributed by atoms with Gasteiger partial charge in [-0.1, -0.05) is 0 Å². The second-order valence-electron chi connectivity index (χ2n) is 5.01. The third-order valence-electron chi connectivity index (χ3n) is 3.20. The molecule has 16 heavy (non-hydrogen) atoms. The van der Waals surface area contributed by atoms with E-state index in [0.29, 0.717) is 11.3 Å². The second-order valence-corrected chi connectivity index (χ2v) is 12.9. The Labute approximate surface area is 113 Å². The van der Waals surface area contributed by atoms with Crippen molar-refractivity contribution < 1.29 is 0 Å². The molecule has 0 radical (unpaired) electrons. The average Bonchev–Trinajstić information content (AvgIpc) is 2.69. The van der Waals surface area contributed by atoms with Crippen LogP contribution in [0, 0.1) is 0 Å². The molecule has 1 aliphatic rings. The molecule has 0 bridgehead atoms. The Morgan fingerprint density at radius 1 is 1.19 bits per heavy atom. The van der Waals surface area contributed by atoms with Crippen molar-refractivity contribution >= 4 is 38.1 Å². The van der Waals surface area contributed by atoms with Crippen LogP contribution in [0.2, 0.25) is 0 Å². The Morgan fingerprint density at radius 2 is 1.62 bits per heavy atom. The summed E-state index contributed by atoms with van der Waals surface area (Å²) in [5, 5.41) is 4.61. The van der Waals surface area contributed by atoms with Crippen LogP contribution in [0.25, 0.3) is 0 Å². The second kappa shape index (κ2) is 6.00. The predicted octanol–water partition coefficient (Wildman–Crippen LogP) is 2.79. The van der Waals surface area contributed by atoms with Crippen LogP contribution in [0.15, 0.2) is 0 Å². The van der Waals surface area contributed by atoms with E-state index in [2.05, 4.69) is 52.8 Å². The quantitative estimate of drug-likeness (QED) is 0.488. The Balaban J connectivity index is 2.69. The fourth-order valence-electron chi connectivity index (χ4n) is 1.99. The van der Waals surface area contributed by atoms with Gasteiger partial charge in [0.25, 0.3) is 0 Å². The topological polar surface area (TPSA) is 15.3 Å². The zero-order chi connectivity index (χ0) is 12.3. The Hall–Kier alpha value is 0.639. The van der Waals surface area contributed by atoms with Crippen LogP contribution in [-0.2, 0) is 0 Å². The van der Waals surface area contributed by atoms with Crippen molar-refractivity contribution in [2.24, 2.45) is 0 Å². The molecular formula is C11H23N2PSSe. The van der Waals surface area contributed by atoms with Crippen LogP contribution in [0.5, 0.6) is 0 Å². The van der Waals surface area contributed by atoms with E-state index in [-0.39, 0.29) is 0 Å². The van der Waals surface area contributed by atoms with Gasteiger partial charge in [0.05, 0.1) is 0 Å². The van der Waals surface area contributed by atoms with Gasteiger partial charge in [-0.05, 0) is 0 Å². The predicted molar refractivity (Wildman–Crippen MR) is 79.5 cm³/mol. The van der Waals surface area contributed by atoms with Gasteiger partial charge in [-0.25, -0.2) is 0 Å². The van der Waals surface area contributed by atoms with Gasteiger partial charge in [-0.15, -0.1) is 0 Å². The Kier molecular flexibility index (Phi) is 5.51. The first kappa shape index (κ1) is 14.7. The monoisotopic (exact) mass is 326 g/mol. The molecule has 0 amide bonds. The summed E-state index contributed by atoms with van der Waals surface area (Å²) >= 11 is 8.95. The van der Waals surface area contributed by atoms with Crippen molar-refractivity contribution in [1.29, 1.82) is 0 Å². The molecule has 0 aliphatic carbocycles. The van der Waals surface area contributed by atoms with Crippen LogP contribution in [-0.4, -0.2) is 49.5 Å². The summed E-state index contributed by atoms with van der Waals surface area (Å²) in [7, 11) is 0. The van der Waals surface area contributed by atoms with E-state index in [1.165, 1.54) is 12.8 Å². The first-order valence-corrected chi connectivity index (χ1v) is 10.6. The van der Waals surface area contributed by atoms with E-state index in [1.807, 2.05) is 0 Å². The van der Waals surface area contributed by atoms with Crippen LogP contribution < -0.4 is 5.09 Å². The van der Waals surface area contributed by atoms with Gasteiger partial charge in [0.15, 0.2) is 0 Å². The minimum atomic E-state index is -1.28. The first-order chi connectivity index (χ1) is 7.38. The van der Waals surface area contributed by atoms with Gasteiger partial charge >= 0.3 is 113 Å². The molecule has 5 heteroatoms. The van der Waals surface area contributed by atoms with Gasteiger partial charge in [-0.2, -0.15) is 0 Å². The number of hydrogen-bond acceptors (Lipinski definition) is 1. The molecule has 1 N–H and O–H groups in total. The molecule has 1 fully saturated rings. The normalized spacial score (nSPS) is 17.2. The van der Waals surface area contributed by atoms with Crippen molar-refractivity contribution in [3.05, 3.63) is 0 Å². The van der Waals surface area contributed by atoms with Crippen molar-refractivity contribution in [3.63, 3.8) is 0 Å². The van der Waals surface area contributed by atoms with E-state index in [1.54, 1.807) is 0 Å². The number of nitrogens with zero attached hydrogens (tertiary/aromatic N) is 1. The zero-order valence-corrected chi connectivity index (χ0v) is 14.1. The molecule has 0 aromatic carbocycles. The number of rotatable bonds is 3. The van der Waals surface area contributed by atoms with Crippen LogP contribution in [0.1, 0.15) is 40.5 Å². The molecule has 94 valence electrons. The first-order valence-electron chi connectivity index (χ1n) is 6.04. The van der Waals surface area contributed by atoms with Crippen molar-refractivity contribution in [3.8, 4) is 0 Å². The van der Waals surface area contributed by atoms with Crippen molar-refractivity contribution in [2.45, 2.75) is 51.9 Å². The van der Waals surface area contributed by atoms with Gasteiger partial charge in [0, 0.05) is 0 Å². The Bertz CT molecular complexity index is 286. The van der Waals surface area contributed by atoms with E-state index in [9.17, 15) is 0 Å². The maximum atomic E-state index is 5.52. The van der Waals surface area contributed by atoms with Crippen LogP contribution in [0.3, 0.4) is 0 Å². The number of thiocarbonyl (C=S) groups is 1. The summed E-state index contributed by atoms with van der Waals surface area (Å²) in [6.07, 6.45) is 2.56. The van der Waals surface area contributed by atoms with E-state index in [4.69, 9.17) is 12.2 Å². The average molecular weight is 325 g/mol. The molecule has 0 aromatic rings. The summed E-state index contributed by atoms with van der Waals surface area (Å²) in [5.41, 5.74) is -0.0148. The van der Waals surface area contributed by atoms with E-state index < -0.39 is 5.66 Å². The van der Waals surface area contributed by atoms with Gasteiger partial charge in [-0.3, -0.25) is 0 Å². The molecule has 0 saturated carbocycles. The summed E-state index contributed by atoms with van der Waals surface area (Å²) in [5.74, 6) is 0. The Morgan fingerprint density at radius 3 is 2.00 bits per heavy atom. The SMILES string of the molecule is CC(C)P(=[Se])(NC(=S)N1CCCC1)C(C)C. The molecule has 2 nitrogen and oxygen atoms in total. The zero-order valence-electron chi connectivity index (χ0n) is 10.7. The number of likely N-dealkylation sites (tertiary alicyclic amines) is 1. The van der Waals surface area contributed by atoms with Crippen LogP contribution >= 0.6 is 17.9 Å². The van der Waals surface area contributed by atoms with E-state index >= 15 is 0 Å². The summed E-state index contributed by atoms with van der Waals surface area (Å²) in [6, 6.07) is 0. The van der Waals surface area contributed by atoms with Crippen molar-refractivity contribution in [1.82, 2.24) is 9.99 Å². The standard InChI is InChI=1S/C11H23N2PSSe/c1-9(2)14(16,10(3)4)12-11(15)13-7-5-6-8-13/h9-10H,5-8H2,1-4H3,(H,12,15,16). The number of hydrogen-bond donors (Lipinski definition) is 1. The molecule has 1 heterocycles. The molecule has 0 atom stereocenters.